The van der Waals surface area contributed by atoms with Gasteiger partial charge in [0.2, 0.25) is 11.9 Å². The summed E-state index contributed by atoms with van der Waals surface area (Å²) in [7, 11) is 0. The number of nitrogens with zero attached hydrogens (tertiary/aromatic N) is 3. The van der Waals surface area contributed by atoms with Crippen LogP contribution < -0.4 is 21.3 Å². The van der Waals surface area contributed by atoms with E-state index in [1.54, 1.807) is 11.1 Å². The van der Waals surface area contributed by atoms with Crippen LogP contribution in [0.15, 0.2) is 54.7 Å². The normalized spacial score (nSPS) is 15.9. The van der Waals surface area contributed by atoms with E-state index in [9.17, 15) is 9.59 Å². The molecule has 3 aromatic rings. The third-order valence-electron chi connectivity index (χ3n) is 6.12. The number of amides is 3. The number of fused-ring (bicyclic) bond motifs is 2. The predicted octanol–water partition coefficient (Wildman–Crippen LogP) is 3.27. The van der Waals surface area contributed by atoms with Gasteiger partial charge in [-0.05, 0) is 43.0 Å². The molecule has 2 aromatic carbocycles. The van der Waals surface area contributed by atoms with E-state index in [2.05, 4.69) is 20.6 Å². The Balaban J connectivity index is 1.37. The highest BCUT2D eigenvalue weighted by Gasteiger charge is 2.58. The smallest absolute Gasteiger partial charge is 0.319 e. The summed E-state index contributed by atoms with van der Waals surface area (Å²) in [5, 5.41) is 5.72. The number of rotatable bonds is 4. The summed E-state index contributed by atoms with van der Waals surface area (Å²) in [4.78, 5) is 36.1. The summed E-state index contributed by atoms with van der Waals surface area (Å²) in [5.41, 5.74) is 10.2. The molecule has 0 radical (unpaired) electrons. The van der Waals surface area contributed by atoms with Crippen LogP contribution in [0.1, 0.15) is 35.2 Å². The minimum absolute atomic E-state index is 0.0249. The highest BCUT2D eigenvalue weighted by atomic mass is 16.2. The van der Waals surface area contributed by atoms with Gasteiger partial charge in [0, 0.05) is 29.7 Å². The molecule has 32 heavy (non-hydrogen) atoms. The molecule has 162 valence electrons. The molecule has 4 N–H and O–H groups in total. The number of nitrogens with one attached hydrogen (secondary N) is 2. The van der Waals surface area contributed by atoms with E-state index in [-0.39, 0.29) is 17.9 Å². The van der Waals surface area contributed by atoms with Crippen LogP contribution in [0.3, 0.4) is 0 Å². The maximum absolute atomic E-state index is 13.5. The minimum atomic E-state index is -0.604. The second kappa shape index (κ2) is 7.64. The lowest BCUT2D eigenvalue weighted by molar-refractivity contribution is -0.121. The van der Waals surface area contributed by atoms with Gasteiger partial charge >= 0.3 is 6.03 Å². The molecular weight excluding hydrogens is 404 g/mol. The van der Waals surface area contributed by atoms with Crippen LogP contribution in [-0.4, -0.2) is 21.9 Å². The Bertz CT molecular complexity index is 1210. The van der Waals surface area contributed by atoms with Gasteiger partial charge in [-0.1, -0.05) is 36.4 Å². The van der Waals surface area contributed by atoms with E-state index < -0.39 is 5.41 Å². The zero-order chi connectivity index (χ0) is 22.3. The monoisotopic (exact) mass is 428 g/mol. The fourth-order valence-electron chi connectivity index (χ4n) is 4.25. The van der Waals surface area contributed by atoms with Gasteiger partial charge in [-0.3, -0.25) is 4.79 Å². The molecule has 0 bridgehead atoms. The van der Waals surface area contributed by atoms with E-state index in [1.165, 1.54) is 0 Å². The quantitative estimate of drug-likeness (QED) is 0.590. The van der Waals surface area contributed by atoms with Crippen LogP contribution in [0.4, 0.5) is 22.1 Å². The van der Waals surface area contributed by atoms with Gasteiger partial charge in [-0.2, -0.15) is 0 Å². The highest BCUT2D eigenvalue weighted by Crippen LogP contribution is 2.53. The second-order valence-electron chi connectivity index (χ2n) is 8.37. The van der Waals surface area contributed by atoms with Gasteiger partial charge < -0.3 is 21.3 Å². The van der Waals surface area contributed by atoms with Gasteiger partial charge in [0.05, 0.1) is 17.7 Å². The lowest BCUT2D eigenvalue weighted by atomic mass is 9.91. The van der Waals surface area contributed by atoms with Crippen molar-refractivity contribution in [2.75, 3.05) is 16.0 Å². The van der Waals surface area contributed by atoms with E-state index in [4.69, 9.17) is 5.73 Å². The van der Waals surface area contributed by atoms with Crippen molar-refractivity contribution < 1.29 is 9.59 Å². The molecule has 8 nitrogen and oxygen atoms in total. The zero-order valence-electron chi connectivity index (χ0n) is 17.8. The summed E-state index contributed by atoms with van der Waals surface area (Å²) in [6.07, 6.45) is 3.22. The van der Waals surface area contributed by atoms with Crippen LogP contribution in [0, 0.1) is 6.92 Å². The molecule has 2 aliphatic rings. The van der Waals surface area contributed by atoms with Crippen molar-refractivity contribution in [3.8, 4) is 0 Å². The first-order valence-corrected chi connectivity index (χ1v) is 10.6. The van der Waals surface area contributed by atoms with E-state index >= 15 is 0 Å². The van der Waals surface area contributed by atoms with Crippen molar-refractivity contribution in [1.29, 1.82) is 0 Å². The third-order valence-corrected chi connectivity index (χ3v) is 6.12. The maximum atomic E-state index is 13.5. The van der Waals surface area contributed by atoms with Crippen LogP contribution in [0.2, 0.25) is 0 Å². The Hall–Kier alpha value is -3.94. The van der Waals surface area contributed by atoms with Crippen molar-refractivity contribution in [2.24, 2.45) is 0 Å². The number of carbonyl (C=O) groups is 2. The summed E-state index contributed by atoms with van der Waals surface area (Å²) >= 11 is 0. The third kappa shape index (κ3) is 3.53. The van der Waals surface area contributed by atoms with Crippen molar-refractivity contribution in [2.45, 2.75) is 38.3 Å². The number of nitrogens with two attached hydrogens (primary N) is 1. The maximum Gasteiger partial charge on any atom is 0.319 e. The predicted molar refractivity (Wildman–Crippen MR) is 122 cm³/mol. The van der Waals surface area contributed by atoms with Gasteiger partial charge in [-0.25, -0.2) is 14.8 Å². The fourth-order valence-corrected chi connectivity index (χ4v) is 4.25. The molecule has 3 amide bonds. The summed E-state index contributed by atoms with van der Waals surface area (Å²) < 4.78 is 0. The van der Waals surface area contributed by atoms with Gasteiger partial charge in [0.15, 0.2) is 0 Å². The van der Waals surface area contributed by atoms with Crippen molar-refractivity contribution in [3.63, 3.8) is 0 Å². The molecule has 0 atom stereocenters. The molecule has 1 saturated carbocycles. The van der Waals surface area contributed by atoms with E-state index in [1.807, 2.05) is 55.5 Å². The van der Waals surface area contributed by atoms with Crippen LogP contribution >= 0.6 is 0 Å². The van der Waals surface area contributed by atoms with Crippen molar-refractivity contribution >= 4 is 29.3 Å². The average Bonchev–Trinajstić information content (AvgIpc) is 3.59. The van der Waals surface area contributed by atoms with Gasteiger partial charge in [-0.15, -0.1) is 0 Å². The summed E-state index contributed by atoms with van der Waals surface area (Å²) in [6.45, 7) is 2.76. The molecule has 2 heterocycles. The fraction of sp³-hybridized carbons (Fsp3) is 0.250. The topological polar surface area (TPSA) is 113 Å². The van der Waals surface area contributed by atoms with Gasteiger partial charge in [0.1, 0.15) is 0 Å². The lowest BCUT2D eigenvalue weighted by Crippen LogP contribution is -2.45. The first kappa shape index (κ1) is 20.0. The Kier molecular flexibility index (Phi) is 4.77. The summed E-state index contributed by atoms with van der Waals surface area (Å²) in [6, 6.07) is 15.0. The molecule has 0 saturated heterocycles. The molecule has 1 spiro atoms. The van der Waals surface area contributed by atoms with Crippen LogP contribution in [0.25, 0.3) is 0 Å². The number of hydrogen-bond donors (Lipinski definition) is 3. The van der Waals surface area contributed by atoms with Crippen molar-refractivity contribution in [1.82, 2.24) is 15.3 Å². The number of aryl methyl sites for hydroxylation is 1. The Morgan fingerprint density at radius 3 is 2.72 bits per heavy atom. The Morgan fingerprint density at radius 2 is 1.97 bits per heavy atom. The standard InChI is InChI=1S/C24H24N6O2/c1-15-7-8-18(28-23(32)27-12-16-5-3-2-4-6-16)11-19(15)30-14-17-13-26-22(25)29-20(17)24(9-10-24)21(30)31/h2-8,11,13H,9-10,12,14H2,1H3,(H2,25,26,29)(H2,27,28,32). The largest absolute Gasteiger partial charge is 0.368 e. The average molecular weight is 428 g/mol. The number of benzene rings is 2. The number of hydrogen-bond acceptors (Lipinski definition) is 5. The molecule has 1 fully saturated rings. The molecule has 1 aliphatic carbocycles. The zero-order valence-corrected chi connectivity index (χ0v) is 17.8. The number of urea groups is 1. The Labute approximate surface area is 185 Å². The minimum Gasteiger partial charge on any atom is -0.368 e. The number of aromatic nitrogens is 2. The number of anilines is 3. The van der Waals surface area contributed by atoms with Crippen LogP contribution in [-0.2, 0) is 23.3 Å². The molecule has 8 heteroatoms. The molecule has 5 rings (SSSR count). The first-order valence-electron chi connectivity index (χ1n) is 10.6. The second-order valence-corrected chi connectivity index (χ2v) is 8.37. The van der Waals surface area contributed by atoms with E-state index in [0.717, 1.165) is 40.9 Å². The van der Waals surface area contributed by atoms with Gasteiger partial charge in [0.25, 0.3) is 0 Å². The summed E-state index contributed by atoms with van der Waals surface area (Å²) in [5.74, 6) is 0.219. The number of carbonyl (C=O) groups excluding carboxylic acids is 2. The molecule has 0 unspecified atom stereocenters. The van der Waals surface area contributed by atoms with Crippen molar-refractivity contribution in [3.05, 3.63) is 77.1 Å². The molecule has 1 aliphatic heterocycles. The van der Waals surface area contributed by atoms with Crippen LogP contribution in [0.5, 0.6) is 0 Å². The first-order chi connectivity index (χ1) is 15.5. The number of nitrogen functional groups attached to an aromatic ring is 1. The SMILES string of the molecule is Cc1ccc(NC(=O)NCc2ccccc2)cc1N1Cc2cnc(N)nc2C2(CC2)C1=O. The molecule has 1 aromatic heterocycles. The van der Waals surface area contributed by atoms with E-state index in [0.29, 0.717) is 18.8 Å². The molecular formula is C24H24N6O2. The highest BCUT2D eigenvalue weighted by molar-refractivity contribution is 6.05. The lowest BCUT2D eigenvalue weighted by Gasteiger charge is -2.34. The Morgan fingerprint density at radius 1 is 1.19 bits per heavy atom.